The van der Waals surface area contributed by atoms with Crippen molar-refractivity contribution in [2.75, 3.05) is 6.54 Å². The first kappa shape index (κ1) is 13.4. The minimum Gasteiger partial charge on any atom is -0.313 e. The standard InChI is InChI=1S/C13H15Cl2N3/c1-3-16-7-10-4-5-11(6-12(10)14)18-8-13(15)9(2)17-18/h4-6,8,16H,3,7H2,1-2H3. The van der Waals surface area contributed by atoms with Crippen molar-refractivity contribution in [1.82, 2.24) is 15.1 Å². The van der Waals surface area contributed by atoms with Gasteiger partial charge in [0.1, 0.15) is 0 Å². The molecule has 18 heavy (non-hydrogen) atoms. The molecule has 2 rings (SSSR count). The fourth-order valence-electron chi connectivity index (χ4n) is 1.65. The molecule has 2 aromatic rings. The van der Waals surface area contributed by atoms with Gasteiger partial charge in [-0.15, -0.1) is 0 Å². The van der Waals surface area contributed by atoms with Gasteiger partial charge in [-0.3, -0.25) is 0 Å². The molecule has 0 spiro atoms. The van der Waals surface area contributed by atoms with Crippen molar-refractivity contribution >= 4 is 23.2 Å². The van der Waals surface area contributed by atoms with Crippen molar-refractivity contribution in [2.45, 2.75) is 20.4 Å². The summed E-state index contributed by atoms with van der Waals surface area (Å²) in [7, 11) is 0. The molecule has 0 amide bonds. The van der Waals surface area contributed by atoms with Gasteiger partial charge in [0.05, 0.1) is 16.4 Å². The van der Waals surface area contributed by atoms with Crippen molar-refractivity contribution in [2.24, 2.45) is 0 Å². The van der Waals surface area contributed by atoms with Crippen LogP contribution in [0.15, 0.2) is 24.4 Å². The zero-order chi connectivity index (χ0) is 13.1. The Hall–Kier alpha value is -1.03. The molecule has 0 radical (unpaired) electrons. The number of nitrogens with zero attached hydrogens (tertiary/aromatic N) is 2. The third kappa shape index (κ3) is 2.86. The smallest absolute Gasteiger partial charge is 0.0819 e. The molecule has 3 nitrogen and oxygen atoms in total. The van der Waals surface area contributed by atoms with E-state index >= 15 is 0 Å². The van der Waals surface area contributed by atoms with E-state index in [-0.39, 0.29) is 0 Å². The Bertz CT molecular complexity index is 530. The van der Waals surface area contributed by atoms with Gasteiger partial charge in [-0.05, 0) is 31.2 Å². The van der Waals surface area contributed by atoms with Crippen LogP contribution in [0.3, 0.4) is 0 Å². The maximum atomic E-state index is 6.25. The first-order valence-electron chi connectivity index (χ1n) is 5.83. The highest BCUT2D eigenvalue weighted by atomic mass is 35.5. The molecule has 0 fully saturated rings. The number of aryl methyl sites for hydroxylation is 1. The molecule has 0 aliphatic heterocycles. The Labute approximate surface area is 117 Å². The quantitative estimate of drug-likeness (QED) is 0.929. The average molecular weight is 284 g/mol. The summed E-state index contributed by atoms with van der Waals surface area (Å²) in [5, 5.41) is 8.96. The van der Waals surface area contributed by atoms with Crippen LogP contribution in [0.2, 0.25) is 10.0 Å². The summed E-state index contributed by atoms with van der Waals surface area (Å²) in [5.74, 6) is 0. The lowest BCUT2D eigenvalue weighted by atomic mass is 10.2. The van der Waals surface area contributed by atoms with Crippen molar-refractivity contribution in [3.63, 3.8) is 0 Å². The first-order chi connectivity index (χ1) is 8.61. The number of benzene rings is 1. The second kappa shape index (κ2) is 5.74. The SMILES string of the molecule is CCNCc1ccc(-n2cc(Cl)c(C)n2)cc1Cl. The van der Waals surface area contributed by atoms with E-state index in [1.807, 2.05) is 25.1 Å². The van der Waals surface area contributed by atoms with Crippen LogP contribution in [0.25, 0.3) is 5.69 Å². The van der Waals surface area contributed by atoms with Crippen molar-refractivity contribution in [1.29, 1.82) is 0 Å². The van der Waals surface area contributed by atoms with E-state index in [0.717, 1.165) is 35.1 Å². The number of aromatic nitrogens is 2. The molecule has 1 N–H and O–H groups in total. The van der Waals surface area contributed by atoms with Crippen LogP contribution < -0.4 is 5.32 Å². The van der Waals surface area contributed by atoms with Gasteiger partial charge < -0.3 is 5.32 Å². The summed E-state index contributed by atoms with van der Waals surface area (Å²) in [5.41, 5.74) is 2.80. The van der Waals surface area contributed by atoms with Gasteiger partial charge in [0.15, 0.2) is 0 Å². The van der Waals surface area contributed by atoms with E-state index in [1.54, 1.807) is 10.9 Å². The molecule has 1 aromatic carbocycles. The first-order valence-corrected chi connectivity index (χ1v) is 6.58. The van der Waals surface area contributed by atoms with Gasteiger partial charge in [0, 0.05) is 17.8 Å². The van der Waals surface area contributed by atoms with E-state index in [2.05, 4.69) is 17.3 Å². The average Bonchev–Trinajstić information content (AvgIpc) is 2.68. The highest BCUT2D eigenvalue weighted by Gasteiger charge is 2.06. The summed E-state index contributed by atoms with van der Waals surface area (Å²) in [6, 6.07) is 5.89. The molecule has 5 heteroatoms. The van der Waals surface area contributed by atoms with Gasteiger partial charge in [-0.25, -0.2) is 4.68 Å². The molecule has 0 aliphatic carbocycles. The summed E-state index contributed by atoms with van der Waals surface area (Å²) >= 11 is 12.2. The van der Waals surface area contributed by atoms with Gasteiger partial charge in [-0.2, -0.15) is 5.10 Å². The minimum absolute atomic E-state index is 0.655. The predicted molar refractivity (Wildman–Crippen MR) is 75.7 cm³/mol. The lowest BCUT2D eigenvalue weighted by molar-refractivity contribution is 0.726. The van der Waals surface area contributed by atoms with Gasteiger partial charge in [0.2, 0.25) is 0 Å². The van der Waals surface area contributed by atoms with Crippen LogP contribution in [0.4, 0.5) is 0 Å². The summed E-state index contributed by atoms with van der Waals surface area (Å²) in [6.07, 6.45) is 1.78. The van der Waals surface area contributed by atoms with Crippen LogP contribution in [0.5, 0.6) is 0 Å². The second-order valence-electron chi connectivity index (χ2n) is 4.06. The molecule has 96 valence electrons. The molecule has 0 saturated carbocycles. The summed E-state index contributed by atoms with van der Waals surface area (Å²) in [4.78, 5) is 0. The van der Waals surface area contributed by atoms with Gasteiger partial charge in [0.25, 0.3) is 0 Å². The van der Waals surface area contributed by atoms with E-state index in [9.17, 15) is 0 Å². The van der Waals surface area contributed by atoms with E-state index in [0.29, 0.717) is 5.02 Å². The molecular weight excluding hydrogens is 269 g/mol. The lowest BCUT2D eigenvalue weighted by Crippen LogP contribution is -2.12. The molecule has 1 heterocycles. The molecule has 1 aromatic heterocycles. The Morgan fingerprint density at radius 2 is 2.06 bits per heavy atom. The highest BCUT2D eigenvalue weighted by Crippen LogP contribution is 2.22. The maximum Gasteiger partial charge on any atom is 0.0819 e. The molecule has 0 unspecified atom stereocenters. The number of halogens is 2. The summed E-state index contributed by atoms with van der Waals surface area (Å²) < 4.78 is 1.74. The topological polar surface area (TPSA) is 29.9 Å². The Balaban J connectivity index is 2.28. The molecule has 0 atom stereocenters. The molecule has 0 saturated heterocycles. The summed E-state index contributed by atoms with van der Waals surface area (Å²) in [6.45, 7) is 5.64. The zero-order valence-corrected chi connectivity index (χ0v) is 11.9. The van der Waals surface area contributed by atoms with Crippen LogP contribution >= 0.6 is 23.2 Å². The van der Waals surface area contributed by atoms with Crippen LogP contribution in [-0.2, 0) is 6.54 Å². The van der Waals surface area contributed by atoms with E-state index in [1.165, 1.54) is 0 Å². The maximum absolute atomic E-state index is 6.25. The fourth-order valence-corrected chi connectivity index (χ4v) is 2.02. The minimum atomic E-state index is 0.655. The zero-order valence-electron chi connectivity index (χ0n) is 10.4. The van der Waals surface area contributed by atoms with Crippen LogP contribution in [0.1, 0.15) is 18.2 Å². The van der Waals surface area contributed by atoms with Gasteiger partial charge in [-0.1, -0.05) is 36.2 Å². The lowest BCUT2D eigenvalue weighted by Gasteiger charge is -2.07. The third-order valence-corrected chi connectivity index (χ3v) is 3.43. The normalized spacial score (nSPS) is 10.9. The van der Waals surface area contributed by atoms with Gasteiger partial charge >= 0.3 is 0 Å². The van der Waals surface area contributed by atoms with Crippen LogP contribution in [-0.4, -0.2) is 16.3 Å². The number of hydrogen-bond acceptors (Lipinski definition) is 2. The van der Waals surface area contributed by atoms with E-state index in [4.69, 9.17) is 23.2 Å². The molecule has 0 bridgehead atoms. The fraction of sp³-hybridized carbons (Fsp3) is 0.308. The monoisotopic (exact) mass is 283 g/mol. The number of rotatable bonds is 4. The highest BCUT2D eigenvalue weighted by molar-refractivity contribution is 6.31. The van der Waals surface area contributed by atoms with Crippen molar-refractivity contribution in [3.8, 4) is 5.69 Å². The Morgan fingerprint density at radius 1 is 1.28 bits per heavy atom. The largest absolute Gasteiger partial charge is 0.313 e. The number of hydrogen-bond donors (Lipinski definition) is 1. The third-order valence-electron chi connectivity index (χ3n) is 2.71. The Morgan fingerprint density at radius 3 is 2.61 bits per heavy atom. The number of nitrogens with one attached hydrogen (secondary N) is 1. The van der Waals surface area contributed by atoms with E-state index < -0.39 is 0 Å². The van der Waals surface area contributed by atoms with Crippen molar-refractivity contribution in [3.05, 3.63) is 45.7 Å². The second-order valence-corrected chi connectivity index (χ2v) is 4.88. The Kier molecular flexibility index (Phi) is 4.27. The molecule has 0 aliphatic rings. The van der Waals surface area contributed by atoms with Crippen LogP contribution in [0, 0.1) is 6.92 Å². The van der Waals surface area contributed by atoms with Crippen molar-refractivity contribution < 1.29 is 0 Å². The predicted octanol–water partition coefficient (Wildman–Crippen LogP) is 3.60. The molecular formula is C13H15Cl2N3.